The number of nitrogens with two attached hydrogens (primary N) is 2. The largest absolute Gasteiger partial charge is 0.368 e. The summed E-state index contributed by atoms with van der Waals surface area (Å²) in [4.78, 5) is 21.3. The number of carbonyl (C=O) groups excluding carboxylic acids is 1. The van der Waals surface area contributed by atoms with Gasteiger partial charge in [-0.15, -0.1) is 0 Å². The lowest BCUT2D eigenvalue weighted by Gasteiger charge is -1.97. The lowest BCUT2D eigenvalue weighted by Crippen LogP contribution is -2.19. The van der Waals surface area contributed by atoms with Crippen molar-refractivity contribution < 1.29 is 9.18 Å². The molecule has 0 aliphatic carbocycles. The molecule has 1 amide bonds. The van der Waals surface area contributed by atoms with Crippen LogP contribution >= 0.6 is 0 Å². The fraction of sp³-hybridized carbons (Fsp3) is 0. The van der Waals surface area contributed by atoms with E-state index in [9.17, 15) is 9.18 Å². The number of hydrogen-bond donors (Lipinski definition) is 2. The molecule has 0 unspecified atom stereocenters. The van der Waals surface area contributed by atoms with Gasteiger partial charge in [0.15, 0.2) is 11.2 Å². The van der Waals surface area contributed by atoms with Gasteiger partial charge >= 0.3 is 6.03 Å². The van der Waals surface area contributed by atoms with Crippen LogP contribution in [0.2, 0.25) is 0 Å². The van der Waals surface area contributed by atoms with Gasteiger partial charge < -0.3 is 11.5 Å². The van der Waals surface area contributed by atoms with Crippen LogP contribution in [0.15, 0.2) is 6.33 Å². The Hall–Kier alpha value is -2.25. The third kappa shape index (κ3) is 1.04. The summed E-state index contributed by atoms with van der Waals surface area (Å²) in [5, 5.41) is 0. The number of imidazole rings is 1. The van der Waals surface area contributed by atoms with Gasteiger partial charge in [0.25, 0.3) is 0 Å². The minimum atomic E-state index is -0.882. The van der Waals surface area contributed by atoms with Crippen LogP contribution in [0.1, 0.15) is 0 Å². The van der Waals surface area contributed by atoms with Crippen molar-refractivity contribution in [3.8, 4) is 0 Å². The van der Waals surface area contributed by atoms with Gasteiger partial charge in [0.2, 0.25) is 11.9 Å². The van der Waals surface area contributed by atoms with Crippen LogP contribution in [0, 0.1) is 5.95 Å². The molecule has 0 atom stereocenters. The number of primary amides is 1. The van der Waals surface area contributed by atoms with Crippen molar-refractivity contribution in [1.82, 2.24) is 19.5 Å². The molecule has 2 rings (SSSR count). The van der Waals surface area contributed by atoms with Crippen molar-refractivity contribution in [3.63, 3.8) is 0 Å². The van der Waals surface area contributed by atoms with E-state index in [1.807, 2.05) is 0 Å². The van der Waals surface area contributed by atoms with Gasteiger partial charge in [0.05, 0.1) is 0 Å². The predicted molar refractivity (Wildman–Crippen MR) is 44.7 cm³/mol. The maximum atomic E-state index is 13.1. The van der Waals surface area contributed by atoms with Crippen molar-refractivity contribution in [2.75, 3.05) is 5.73 Å². The van der Waals surface area contributed by atoms with Crippen LogP contribution in [-0.2, 0) is 0 Å². The van der Waals surface area contributed by atoms with Crippen LogP contribution in [0.3, 0.4) is 0 Å². The summed E-state index contributed by atoms with van der Waals surface area (Å²) in [7, 11) is 0. The highest BCUT2D eigenvalue weighted by atomic mass is 19.1. The summed E-state index contributed by atoms with van der Waals surface area (Å²) in [6, 6.07) is -0.815. The van der Waals surface area contributed by atoms with Gasteiger partial charge in [0.1, 0.15) is 6.33 Å². The van der Waals surface area contributed by atoms with E-state index in [-0.39, 0.29) is 17.1 Å². The van der Waals surface area contributed by atoms with Crippen molar-refractivity contribution >= 4 is 23.1 Å². The Balaban J connectivity index is 2.85. The molecule has 0 fully saturated rings. The number of carbonyl (C=O) groups is 1. The SMILES string of the molecule is NC(=O)n1cnc2c(F)nc(N)nc21. The van der Waals surface area contributed by atoms with Crippen LogP contribution in [0.5, 0.6) is 0 Å². The molecule has 0 aliphatic rings. The van der Waals surface area contributed by atoms with Gasteiger partial charge in [0, 0.05) is 0 Å². The molecule has 14 heavy (non-hydrogen) atoms. The Bertz CT molecular complexity index is 520. The number of rotatable bonds is 0. The number of aromatic nitrogens is 4. The predicted octanol–water partition coefficient (Wildman–Crippen LogP) is -0.526. The van der Waals surface area contributed by atoms with E-state index in [0.717, 1.165) is 10.9 Å². The van der Waals surface area contributed by atoms with Crippen LogP contribution in [0.25, 0.3) is 11.2 Å². The minimum absolute atomic E-state index is 0.0394. The Morgan fingerprint density at radius 3 is 2.86 bits per heavy atom. The van der Waals surface area contributed by atoms with E-state index < -0.39 is 12.0 Å². The Morgan fingerprint density at radius 2 is 2.21 bits per heavy atom. The van der Waals surface area contributed by atoms with Gasteiger partial charge in [-0.05, 0) is 0 Å². The average molecular weight is 196 g/mol. The summed E-state index contributed by atoms with van der Waals surface area (Å²) in [6.45, 7) is 0. The number of fused-ring (bicyclic) bond motifs is 1. The topological polar surface area (TPSA) is 113 Å². The molecule has 0 spiro atoms. The fourth-order valence-corrected chi connectivity index (χ4v) is 1.04. The Morgan fingerprint density at radius 1 is 1.50 bits per heavy atom. The Kier molecular flexibility index (Phi) is 1.56. The van der Waals surface area contributed by atoms with E-state index >= 15 is 0 Å². The summed E-state index contributed by atoms with van der Waals surface area (Å²) in [6.07, 6.45) is 1.06. The number of nitrogens with zero attached hydrogens (tertiary/aromatic N) is 4. The molecule has 2 aromatic heterocycles. The quantitative estimate of drug-likeness (QED) is 0.550. The van der Waals surface area contributed by atoms with Crippen LogP contribution in [0.4, 0.5) is 15.1 Å². The van der Waals surface area contributed by atoms with Crippen molar-refractivity contribution in [1.29, 1.82) is 0 Å². The molecule has 8 heteroatoms. The Labute approximate surface area is 76.6 Å². The molecule has 4 N–H and O–H groups in total. The van der Waals surface area contributed by atoms with Gasteiger partial charge in [-0.3, -0.25) is 0 Å². The summed E-state index contributed by atoms with van der Waals surface area (Å²) < 4.78 is 14.0. The first-order chi connectivity index (χ1) is 6.59. The molecule has 0 saturated carbocycles. The maximum absolute atomic E-state index is 13.1. The first-order valence-electron chi connectivity index (χ1n) is 3.55. The molecule has 2 heterocycles. The minimum Gasteiger partial charge on any atom is -0.368 e. The molecule has 72 valence electrons. The zero-order valence-electron chi connectivity index (χ0n) is 6.81. The number of amides is 1. The van der Waals surface area contributed by atoms with E-state index in [2.05, 4.69) is 15.0 Å². The summed E-state index contributed by atoms with van der Waals surface area (Å²) >= 11 is 0. The molecular weight excluding hydrogens is 191 g/mol. The van der Waals surface area contributed by atoms with Crippen LogP contribution in [-0.4, -0.2) is 25.6 Å². The van der Waals surface area contributed by atoms with E-state index in [4.69, 9.17) is 11.5 Å². The second-order valence-electron chi connectivity index (χ2n) is 2.50. The molecule has 7 nitrogen and oxygen atoms in total. The van der Waals surface area contributed by atoms with E-state index in [1.54, 1.807) is 0 Å². The highest BCUT2D eigenvalue weighted by Crippen LogP contribution is 2.12. The van der Waals surface area contributed by atoms with Gasteiger partial charge in [-0.1, -0.05) is 0 Å². The third-order valence-corrected chi connectivity index (χ3v) is 1.61. The second-order valence-corrected chi connectivity index (χ2v) is 2.50. The molecule has 2 aromatic rings. The van der Waals surface area contributed by atoms with Gasteiger partial charge in [-0.2, -0.15) is 14.4 Å². The number of halogens is 1. The van der Waals surface area contributed by atoms with E-state index in [0.29, 0.717) is 0 Å². The lowest BCUT2D eigenvalue weighted by molar-refractivity contribution is 0.251. The third-order valence-electron chi connectivity index (χ3n) is 1.61. The summed E-state index contributed by atoms with van der Waals surface area (Å²) in [5.74, 6) is -1.16. The zero-order chi connectivity index (χ0) is 10.3. The standard InChI is InChI=1S/C6H5FN6O/c7-3-2-4(12-5(8)11-3)13(1-10-2)6(9)14/h1H,(H2,9,14)(H2,8,11,12). The molecule has 0 aromatic carbocycles. The first kappa shape index (κ1) is 8.35. The first-order valence-corrected chi connectivity index (χ1v) is 3.55. The molecular formula is C6H5FN6O. The second kappa shape index (κ2) is 2.62. The zero-order valence-corrected chi connectivity index (χ0v) is 6.81. The molecule has 0 radical (unpaired) electrons. The fourth-order valence-electron chi connectivity index (χ4n) is 1.04. The maximum Gasteiger partial charge on any atom is 0.325 e. The highest BCUT2D eigenvalue weighted by Gasteiger charge is 2.13. The molecule has 0 aliphatic heterocycles. The smallest absolute Gasteiger partial charge is 0.325 e. The molecule has 0 bridgehead atoms. The number of nitrogen functional groups attached to an aromatic ring is 1. The van der Waals surface area contributed by atoms with E-state index in [1.165, 1.54) is 0 Å². The van der Waals surface area contributed by atoms with Gasteiger partial charge in [-0.25, -0.2) is 14.3 Å². The highest BCUT2D eigenvalue weighted by molar-refractivity contribution is 5.86. The monoisotopic (exact) mass is 196 g/mol. The van der Waals surface area contributed by atoms with Crippen LogP contribution < -0.4 is 11.5 Å². The normalized spacial score (nSPS) is 10.6. The number of anilines is 1. The summed E-state index contributed by atoms with van der Waals surface area (Å²) in [5.41, 5.74) is 10.0. The molecule has 0 saturated heterocycles. The van der Waals surface area contributed by atoms with Crippen molar-refractivity contribution in [2.45, 2.75) is 0 Å². The van der Waals surface area contributed by atoms with Crippen molar-refractivity contribution in [3.05, 3.63) is 12.3 Å². The number of hydrogen-bond acceptors (Lipinski definition) is 5. The van der Waals surface area contributed by atoms with Crippen molar-refractivity contribution in [2.24, 2.45) is 5.73 Å². The average Bonchev–Trinajstić information content (AvgIpc) is 2.47. The lowest BCUT2D eigenvalue weighted by atomic mass is 10.5.